The summed E-state index contributed by atoms with van der Waals surface area (Å²) in [5, 5.41) is 0.852. The monoisotopic (exact) mass is 579 g/mol. The average Bonchev–Trinajstić information content (AvgIpc) is 3.39. The molecule has 2 aliphatic heterocycles. The summed E-state index contributed by atoms with van der Waals surface area (Å²) < 4.78 is 28.7. The highest BCUT2D eigenvalue weighted by Crippen LogP contribution is 2.42. The average molecular weight is 580 g/mol. The van der Waals surface area contributed by atoms with E-state index >= 15 is 0 Å². The molecule has 0 atom stereocenters. The lowest BCUT2D eigenvalue weighted by Gasteiger charge is -2.46. The summed E-state index contributed by atoms with van der Waals surface area (Å²) in [5.41, 5.74) is 3.82. The first-order chi connectivity index (χ1) is 20.3. The number of nitrogens with zero attached hydrogens (tertiary/aromatic N) is 5. The smallest absolute Gasteiger partial charge is 0.268 e. The molecule has 4 heterocycles. The SMILES string of the molecule is Cc1ccc(S(=O)(=O)n2cc(CN3CCCC4(CCN(c5cnc6ccccc6n5)CC4)C3=O)c3ccccc32)cc1. The predicted molar refractivity (Wildman–Crippen MR) is 164 cm³/mol. The molecule has 2 fully saturated rings. The number of anilines is 1. The molecule has 2 saturated heterocycles. The van der Waals surface area contributed by atoms with Crippen LogP contribution >= 0.6 is 0 Å². The van der Waals surface area contributed by atoms with Gasteiger partial charge in [-0.1, -0.05) is 48.0 Å². The second kappa shape index (κ2) is 10.2. The van der Waals surface area contributed by atoms with E-state index in [2.05, 4.69) is 9.88 Å². The minimum absolute atomic E-state index is 0.177. The van der Waals surface area contributed by atoms with Crippen molar-refractivity contribution >= 4 is 43.7 Å². The van der Waals surface area contributed by atoms with Crippen LogP contribution in [0.1, 0.15) is 36.8 Å². The molecule has 0 radical (unpaired) electrons. The van der Waals surface area contributed by atoms with Crippen molar-refractivity contribution in [2.45, 2.75) is 44.0 Å². The molecule has 5 aromatic rings. The van der Waals surface area contributed by atoms with E-state index in [-0.39, 0.29) is 10.8 Å². The van der Waals surface area contributed by atoms with Crippen LogP contribution in [0.2, 0.25) is 0 Å². The van der Waals surface area contributed by atoms with E-state index in [9.17, 15) is 13.2 Å². The van der Waals surface area contributed by atoms with Crippen molar-refractivity contribution < 1.29 is 13.2 Å². The third kappa shape index (κ3) is 4.52. The van der Waals surface area contributed by atoms with Gasteiger partial charge in [-0.2, -0.15) is 0 Å². The second-order valence-electron chi connectivity index (χ2n) is 11.6. The highest BCUT2D eigenvalue weighted by atomic mass is 32.2. The number of fused-ring (bicyclic) bond motifs is 2. The molecule has 0 aliphatic carbocycles. The molecule has 0 saturated carbocycles. The van der Waals surface area contributed by atoms with Gasteiger partial charge in [0.2, 0.25) is 5.91 Å². The van der Waals surface area contributed by atoms with Crippen molar-refractivity contribution in [3.8, 4) is 0 Å². The first-order valence-corrected chi connectivity index (χ1v) is 16.0. The molecule has 7 rings (SSSR count). The summed E-state index contributed by atoms with van der Waals surface area (Å²) in [7, 11) is -3.79. The Hall–Kier alpha value is -4.24. The lowest BCUT2D eigenvalue weighted by atomic mass is 9.71. The maximum Gasteiger partial charge on any atom is 0.268 e. The van der Waals surface area contributed by atoms with E-state index in [4.69, 9.17) is 4.98 Å². The van der Waals surface area contributed by atoms with Crippen molar-refractivity contribution in [3.63, 3.8) is 0 Å². The Balaban J connectivity index is 1.13. The summed E-state index contributed by atoms with van der Waals surface area (Å²) in [6.45, 7) is 4.49. The summed E-state index contributed by atoms with van der Waals surface area (Å²) >= 11 is 0. The van der Waals surface area contributed by atoms with E-state index in [0.717, 1.165) is 72.1 Å². The standard InChI is InChI=1S/C33H33N5O3S/c1-24-11-13-26(14-12-24)42(40,41)38-23-25(27-7-2-5-10-30(27)38)22-37-18-6-15-33(32(37)39)16-19-36(20-17-33)31-21-34-28-8-3-4-9-29(28)35-31/h2-5,7-14,21,23H,6,15-20,22H2,1H3. The number of hydrogen-bond donors (Lipinski definition) is 0. The molecule has 0 bridgehead atoms. The van der Waals surface area contributed by atoms with Crippen LogP contribution in [-0.4, -0.2) is 52.8 Å². The minimum Gasteiger partial charge on any atom is -0.355 e. The molecular formula is C33H33N5O3S. The van der Waals surface area contributed by atoms with Crippen LogP contribution < -0.4 is 4.90 Å². The van der Waals surface area contributed by atoms with Gasteiger partial charge in [-0.3, -0.25) is 9.78 Å². The number of para-hydroxylation sites is 3. The Kier molecular flexibility index (Phi) is 6.50. The number of benzene rings is 3. The highest BCUT2D eigenvalue weighted by Gasteiger charge is 2.46. The number of amides is 1. The summed E-state index contributed by atoms with van der Waals surface area (Å²) in [4.78, 5) is 27.9. The molecule has 1 spiro atoms. The van der Waals surface area contributed by atoms with Gasteiger partial charge in [0, 0.05) is 37.8 Å². The number of carbonyl (C=O) groups is 1. The van der Waals surface area contributed by atoms with Gasteiger partial charge in [-0.25, -0.2) is 17.4 Å². The van der Waals surface area contributed by atoms with Gasteiger partial charge in [0.25, 0.3) is 10.0 Å². The van der Waals surface area contributed by atoms with Gasteiger partial charge in [0.05, 0.1) is 33.1 Å². The van der Waals surface area contributed by atoms with E-state index in [1.807, 2.05) is 78.7 Å². The van der Waals surface area contributed by atoms with Crippen LogP contribution in [0, 0.1) is 12.3 Å². The fourth-order valence-corrected chi connectivity index (χ4v) is 7.99. The maximum atomic E-state index is 14.1. The summed E-state index contributed by atoms with van der Waals surface area (Å²) in [6, 6.07) is 22.3. The van der Waals surface area contributed by atoms with E-state index in [1.165, 1.54) is 3.97 Å². The Morgan fingerprint density at radius 1 is 0.857 bits per heavy atom. The minimum atomic E-state index is -3.79. The van der Waals surface area contributed by atoms with Crippen LogP contribution in [0.3, 0.4) is 0 Å². The van der Waals surface area contributed by atoms with Crippen molar-refractivity contribution in [3.05, 3.63) is 96.3 Å². The number of likely N-dealkylation sites (tertiary alicyclic amines) is 1. The van der Waals surface area contributed by atoms with Gasteiger partial charge >= 0.3 is 0 Å². The first-order valence-electron chi connectivity index (χ1n) is 14.5. The maximum absolute atomic E-state index is 14.1. The molecule has 2 aromatic heterocycles. The molecule has 214 valence electrons. The number of hydrogen-bond acceptors (Lipinski definition) is 6. The molecule has 0 unspecified atom stereocenters. The third-order valence-electron chi connectivity index (χ3n) is 9.00. The molecule has 1 amide bonds. The Morgan fingerprint density at radius 2 is 1.57 bits per heavy atom. The molecule has 0 N–H and O–H groups in total. The lowest BCUT2D eigenvalue weighted by Crippen LogP contribution is -2.53. The normalized spacial score (nSPS) is 17.4. The van der Waals surface area contributed by atoms with Gasteiger partial charge in [-0.15, -0.1) is 0 Å². The predicted octanol–water partition coefficient (Wildman–Crippen LogP) is 5.54. The van der Waals surface area contributed by atoms with Crippen molar-refractivity contribution in [2.24, 2.45) is 5.41 Å². The topological polar surface area (TPSA) is 88.4 Å². The fraction of sp³-hybridized carbons (Fsp3) is 0.303. The first kappa shape index (κ1) is 26.6. The molecule has 3 aromatic carbocycles. The molecule has 9 heteroatoms. The molecule has 42 heavy (non-hydrogen) atoms. The van der Waals surface area contributed by atoms with Crippen molar-refractivity contribution in [1.29, 1.82) is 0 Å². The molecular weight excluding hydrogens is 546 g/mol. The summed E-state index contributed by atoms with van der Waals surface area (Å²) in [6.07, 6.45) is 6.87. The van der Waals surface area contributed by atoms with Gasteiger partial charge in [-0.05, 0) is 68.5 Å². The van der Waals surface area contributed by atoms with Crippen LogP contribution in [0.25, 0.3) is 21.9 Å². The van der Waals surface area contributed by atoms with Crippen molar-refractivity contribution in [1.82, 2.24) is 18.8 Å². The largest absolute Gasteiger partial charge is 0.355 e. The van der Waals surface area contributed by atoms with E-state index in [0.29, 0.717) is 18.6 Å². The Bertz CT molecular complexity index is 1910. The fourth-order valence-electron chi connectivity index (χ4n) is 6.60. The van der Waals surface area contributed by atoms with E-state index < -0.39 is 15.4 Å². The van der Waals surface area contributed by atoms with Crippen LogP contribution in [-0.2, 0) is 21.4 Å². The van der Waals surface area contributed by atoms with Crippen molar-refractivity contribution in [2.75, 3.05) is 24.5 Å². The number of piperidine rings is 2. The molecule has 8 nitrogen and oxygen atoms in total. The zero-order valence-corrected chi connectivity index (χ0v) is 24.4. The number of aromatic nitrogens is 3. The molecule has 2 aliphatic rings. The van der Waals surface area contributed by atoms with Crippen LogP contribution in [0.5, 0.6) is 0 Å². The Labute approximate surface area is 245 Å². The van der Waals surface area contributed by atoms with Crippen LogP contribution in [0.4, 0.5) is 5.82 Å². The quantitative estimate of drug-likeness (QED) is 0.272. The summed E-state index contributed by atoms with van der Waals surface area (Å²) in [5.74, 6) is 1.03. The second-order valence-corrected chi connectivity index (χ2v) is 13.4. The highest BCUT2D eigenvalue weighted by molar-refractivity contribution is 7.90. The van der Waals surface area contributed by atoms with Crippen LogP contribution in [0.15, 0.2) is 90.1 Å². The number of rotatable bonds is 5. The zero-order valence-electron chi connectivity index (χ0n) is 23.6. The number of carbonyl (C=O) groups excluding carboxylic acids is 1. The van der Waals surface area contributed by atoms with E-state index in [1.54, 1.807) is 18.3 Å². The van der Waals surface area contributed by atoms with Gasteiger partial charge in [0.15, 0.2) is 0 Å². The van der Waals surface area contributed by atoms with Gasteiger partial charge in [0.1, 0.15) is 5.82 Å². The van der Waals surface area contributed by atoms with Gasteiger partial charge < -0.3 is 9.80 Å². The zero-order chi connectivity index (χ0) is 28.9. The number of aryl methyl sites for hydroxylation is 1. The Morgan fingerprint density at radius 3 is 2.36 bits per heavy atom. The lowest BCUT2D eigenvalue weighted by molar-refractivity contribution is -0.148. The third-order valence-corrected chi connectivity index (χ3v) is 10.7.